The second-order valence-corrected chi connectivity index (χ2v) is 4.69. The quantitative estimate of drug-likeness (QED) is 0.766. The van der Waals surface area contributed by atoms with Crippen molar-refractivity contribution in [3.63, 3.8) is 0 Å². The predicted molar refractivity (Wildman–Crippen MR) is 71.0 cm³/mol. The molecule has 1 heterocycles. The lowest BCUT2D eigenvalue weighted by molar-refractivity contribution is -0.147. The molecule has 1 aliphatic heterocycles. The Balaban J connectivity index is 1.87. The molecular formula is C15H20O4. The van der Waals surface area contributed by atoms with E-state index in [0.29, 0.717) is 13.0 Å². The van der Waals surface area contributed by atoms with Gasteiger partial charge in [0.15, 0.2) is 0 Å². The van der Waals surface area contributed by atoms with Crippen molar-refractivity contribution in [1.82, 2.24) is 0 Å². The van der Waals surface area contributed by atoms with Crippen molar-refractivity contribution in [3.05, 3.63) is 30.3 Å². The first-order chi connectivity index (χ1) is 9.24. The maximum Gasteiger partial charge on any atom is 0.311 e. The van der Waals surface area contributed by atoms with Crippen LogP contribution >= 0.6 is 0 Å². The molecule has 0 N–H and O–H groups in total. The van der Waals surface area contributed by atoms with E-state index in [1.165, 1.54) is 7.11 Å². The zero-order valence-corrected chi connectivity index (χ0v) is 11.4. The van der Waals surface area contributed by atoms with Gasteiger partial charge in [0.1, 0.15) is 12.4 Å². The van der Waals surface area contributed by atoms with Crippen LogP contribution < -0.4 is 4.74 Å². The van der Waals surface area contributed by atoms with Gasteiger partial charge in [0.2, 0.25) is 0 Å². The molecule has 1 fully saturated rings. The van der Waals surface area contributed by atoms with Gasteiger partial charge in [-0.25, -0.2) is 0 Å². The van der Waals surface area contributed by atoms with Crippen LogP contribution in [-0.4, -0.2) is 31.9 Å². The predicted octanol–water partition coefficient (Wildman–Crippen LogP) is 2.42. The number of carbonyl (C=O) groups is 1. The average molecular weight is 264 g/mol. The van der Waals surface area contributed by atoms with Gasteiger partial charge in [-0.15, -0.1) is 0 Å². The van der Waals surface area contributed by atoms with Crippen LogP contribution in [0.2, 0.25) is 0 Å². The summed E-state index contributed by atoms with van der Waals surface area (Å²) in [6.45, 7) is 2.48. The Bertz CT molecular complexity index is 404. The van der Waals surface area contributed by atoms with Crippen LogP contribution in [0, 0.1) is 5.92 Å². The molecule has 104 valence electrons. The fraction of sp³-hybridized carbons (Fsp3) is 0.533. The third-order valence-corrected chi connectivity index (χ3v) is 3.42. The van der Waals surface area contributed by atoms with Crippen LogP contribution in [0.4, 0.5) is 0 Å². The SMILES string of the molecule is CC[C@@H]1O[C@H](COc2ccccc2)C[C@@H]1C(=O)OC. The number of hydrogen-bond donors (Lipinski definition) is 0. The Hall–Kier alpha value is -1.55. The highest BCUT2D eigenvalue weighted by atomic mass is 16.6. The summed E-state index contributed by atoms with van der Waals surface area (Å²) < 4.78 is 16.3. The van der Waals surface area contributed by atoms with E-state index in [2.05, 4.69) is 0 Å². The van der Waals surface area contributed by atoms with Gasteiger partial charge in [0, 0.05) is 0 Å². The summed E-state index contributed by atoms with van der Waals surface area (Å²) >= 11 is 0. The third-order valence-electron chi connectivity index (χ3n) is 3.42. The van der Waals surface area contributed by atoms with Crippen LogP contribution in [0.1, 0.15) is 19.8 Å². The Morgan fingerprint density at radius 1 is 1.37 bits per heavy atom. The fourth-order valence-corrected chi connectivity index (χ4v) is 2.43. The van der Waals surface area contributed by atoms with Crippen molar-refractivity contribution in [2.24, 2.45) is 5.92 Å². The van der Waals surface area contributed by atoms with Gasteiger partial charge >= 0.3 is 5.97 Å². The van der Waals surface area contributed by atoms with Gasteiger partial charge < -0.3 is 14.2 Å². The van der Waals surface area contributed by atoms with Gasteiger partial charge in [0.25, 0.3) is 0 Å². The Morgan fingerprint density at radius 2 is 2.11 bits per heavy atom. The Labute approximate surface area is 113 Å². The first-order valence-electron chi connectivity index (χ1n) is 6.65. The molecule has 1 aromatic rings. The molecular weight excluding hydrogens is 244 g/mol. The topological polar surface area (TPSA) is 44.8 Å². The minimum Gasteiger partial charge on any atom is -0.491 e. The van der Waals surface area contributed by atoms with Crippen molar-refractivity contribution < 1.29 is 19.0 Å². The summed E-state index contributed by atoms with van der Waals surface area (Å²) in [5, 5.41) is 0. The molecule has 19 heavy (non-hydrogen) atoms. The van der Waals surface area contributed by atoms with E-state index in [-0.39, 0.29) is 24.1 Å². The van der Waals surface area contributed by atoms with Crippen molar-refractivity contribution in [3.8, 4) is 5.75 Å². The summed E-state index contributed by atoms with van der Waals surface area (Å²) in [7, 11) is 1.42. The van der Waals surface area contributed by atoms with Gasteiger partial charge in [-0.1, -0.05) is 25.1 Å². The first-order valence-corrected chi connectivity index (χ1v) is 6.65. The molecule has 2 rings (SSSR count). The summed E-state index contributed by atoms with van der Waals surface area (Å²) in [5.74, 6) is 0.467. The van der Waals surface area contributed by atoms with E-state index in [9.17, 15) is 4.79 Å². The molecule has 0 bridgehead atoms. The van der Waals surface area contributed by atoms with Gasteiger partial charge in [-0.2, -0.15) is 0 Å². The third kappa shape index (κ3) is 3.47. The number of esters is 1. The minimum absolute atomic E-state index is 0.0470. The smallest absolute Gasteiger partial charge is 0.311 e. The van der Waals surface area contributed by atoms with Gasteiger partial charge in [-0.05, 0) is 25.0 Å². The molecule has 3 atom stereocenters. The highest BCUT2D eigenvalue weighted by Crippen LogP contribution is 2.30. The van der Waals surface area contributed by atoms with E-state index >= 15 is 0 Å². The molecule has 1 saturated heterocycles. The van der Waals surface area contributed by atoms with Crippen molar-refractivity contribution in [2.45, 2.75) is 32.0 Å². The number of benzene rings is 1. The second-order valence-electron chi connectivity index (χ2n) is 4.69. The monoisotopic (exact) mass is 264 g/mol. The largest absolute Gasteiger partial charge is 0.491 e. The zero-order valence-electron chi connectivity index (χ0n) is 11.4. The Kier molecular flexibility index (Phi) is 4.80. The lowest BCUT2D eigenvalue weighted by Gasteiger charge is -2.14. The molecule has 1 aliphatic rings. The number of para-hydroxylation sites is 1. The number of methoxy groups -OCH3 is 1. The normalized spacial score (nSPS) is 26.1. The number of hydrogen-bond acceptors (Lipinski definition) is 4. The van der Waals surface area contributed by atoms with E-state index in [1.54, 1.807) is 0 Å². The van der Waals surface area contributed by atoms with Crippen LogP contribution in [0.25, 0.3) is 0 Å². The highest BCUT2D eigenvalue weighted by molar-refractivity contribution is 5.73. The summed E-state index contributed by atoms with van der Waals surface area (Å²) in [6, 6.07) is 9.61. The minimum atomic E-state index is -0.186. The van der Waals surface area contributed by atoms with Gasteiger partial charge in [-0.3, -0.25) is 4.79 Å². The molecule has 0 saturated carbocycles. The lowest BCUT2D eigenvalue weighted by atomic mass is 9.98. The van der Waals surface area contributed by atoms with E-state index < -0.39 is 0 Å². The number of rotatable bonds is 5. The second kappa shape index (κ2) is 6.57. The molecule has 0 aromatic heterocycles. The maximum atomic E-state index is 11.7. The Morgan fingerprint density at radius 3 is 2.74 bits per heavy atom. The van der Waals surface area contributed by atoms with Crippen molar-refractivity contribution in [2.75, 3.05) is 13.7 Å². The fourth-order valence-electron chi connectivity index (χ4n) is 2.43. The molecule has 0 amide bonds. The number of carbonyl (C=O) groups excluding carboxylic acids is 1. The van der Waals surface area contributed by atoms with Crippen LogP contribution in [0.5, 0.6) is 5.75 Å². The highest BCUT2D eigenvalue weighted by Gasteiger charge is 2.39. The van der Waals surface area contributed by atoms with Crippen LogP contribution in [0.15, 0.2) is 30.3 Å². The summed E-state index contributed by atoms with van der Waals surface area (Å²) in [4.78, 5) is 11.7. The lowest BCUT2D eigenvalue weighted by Crippen LogP contribution is -2.24. The zero-order chi connectivity index (χ0) is 13.7. The maximum absolute atomic E-state index is 11.7. The van der Waals surface area contributed by atoms with Crippen LogP contribution in [-0.2, 0) is 14.3 Å². The van der Waals surface area contributed by atoms with Crippen molar-refractivity contribution >= 4 is 5.97 Å². The van der Waals surface area contributed by atoms with E-state index in [0.717, 1.165) is 12.2 Å². The molecule has 0 aliphatic carbocycles. The van der Waals surface area contributed by atoms with Crippen LogP contribution in [0.3, 0.4) is 0 Å². The van der Waals surface area contributed by atoms with E-state index in [1.807, 2.05) is 37.3 Å². The summed E-state index contributed by atoms with van der Waals surface area (Å²) in [6.07, 6.45) is 1.37. The van der Waals surface area contributed by atoms with E-state index in [4.69, 9.17) is 14.2 Å². The van der Waals surface area contributed by atoms with Crippen molar-refractivity contribution in [1.29, 1.82) is 0 Å². The number of ether oxygens (including phenoxy) is 3. The molecule has 1 aromatic carbocycles. The standard InChI is InChI=1S/C15H20O4/c1-3-14-13(15(16)17-2)9-12(19-14)10-18-11-7-5-4-6-8-11/h4-8,12-14H,3,9-10H2,1-2H3/t12-,13-,14-/m0/s1. The molecule has 4 nitrogen and oxygen atoms in total. The van der Waals surface area contributed by atoms with Gasteiger partial charge in [0.05, 0.1) is 25.2 Å². The molecule has 4 heteroatoms. The first kappa shape index (κ1) is 13.9. The molecule has 0 radical (unpaired) electrons. The summed E-state index contributed by atoms with van der Waals surface area (Å²) in [5.41, 5.74) is 0. The molecule has 0 spiro atoms. The average Bonchev–Trinajstić information content (AvgIpc) is 2.88. The molecule has 0 unspecified atom stereocenters.